The van der Waals surface area contributed by atoms with Crippen LogP contribution in [0.4, 0.5) is 10.6 Å². The molecule has 2 fully saturated rings. The molecule has 2 saturated heterocycles. The van der Waals surface area contributed by atoms with Gasteiger partial charge in [0.05, 0.1) is 6.04 Å². The van der Waals surface area contributed by atoms with Gasteiger partial charge in [-0.15, -0.1) is 0 Å². The average Bonchev–Trinajstić information content (AvgIpc) is 3.06. The molecule has 4 rings (SSSR count). The number of hydrogen-bond donors (Lipinski definition) is 1. The van der Waals surface area contributed by atoms with Gasteiger partial charge in [-0.3, -0.25) is 0 Å². The fraction of sp³-hybridized carbons (Fsp3) is 0.462. The summed E-state index contributed by atoms with van der Waals surface area (Å²) in [7, 11) is 0. The highest BCUT2D eigenvalue weighted by molar-refractivity contribution is 9.10. The Morgan fingerprint density at radius 3 is 3.00 bits per heavy atom. The van der Waals surface area contributed by atoms with E-state index >= 15 is 0 Å². The molecule has 7 nitrogen and oxygen atoms in total. The van der Waals surface area contributed by atoms with Crippen molar-refractivity contribution >= 4 is 33.4 Å². The van der Waals surface area contributed by atoms with Crippen LogP contribution in [0.15, 0.2) is 23.3 Å². The molecule has 2 aliphatic heterocycles. The molecule has 2 N–H and O–H groups in total. The molecule has 112 valence electrons. The summed E-state index contributed by atoms with van der Waals surface area (Å²) in [5, 5.41) is 0. The number of carbonyl (C=O) groups is 1. The third-order valence-corrected chi connectivity index (χ3v) is 4.27. The fourth-order valence-electron chi connectivity index (χ4n) is 2.60. The average molecular weight is 354 g/mol. The van der Waals surface area contributed by atoms with E-state index in [-0.39, 0.29) is 6.09 Å². The van der Waals surface area contributed by atoms with Crippen LogP contribution in [0.25, 0.3) is 5.52 Å². The number of piperidine rings is 1. The highest BCUT2D eigenvalue weighted by atomic mass is 79.9. The zero-order chi connectivity index (χ0) is 14.8. The van der Waals surface area contributed by atoms with Crippen LogP contribution < -0.4 is 5.73 Å². The molecule has 2 aromatic rings. The number of anilines is 1. The first-order valence-electron chi connectivity index (χ1n) is 6.83. The second-order valence-corrected chi connectivity index (χ2v) is 5.77. The molecule has 0 unspecified atom stereocenters. The van der Waals surface area contributed by atoms with Gasteiger partial charge in [-0.2, -0.15) is 0 Å². The van der Waals surface area contributed by atoms with Crippen molar-refractivity contribution in [2.24, 2.45) is 0 Å². The Balaban J connectivity index is 0.000000126. The van der Waals surface area contributed by atoms with Crippen LogP contribution in [-0.2, 0) is 4.74 Å². The van der Waals surface area contributed by atoms with Gasteiger partial charge in [-0.1, -0.05) is 0 Å². The van der Waals surface area contributed by atoms with Crippen LogP contribution >= 0.6 is 15.9 Å². The van der Waals surface area contributed by atoms with Gasteiger partial charge in [0.25, 0.3) is 0 Å². The molecule has 2 aliphatic rings. The number of hydrogen-bond acceptors (Lipinski definition) is 5. The van der Waals surface area contributed by atoms with Crippen molar-refractivity contribution in [3.63, 3.8) is 0 Å². The Bertz CT molecular complexity index is 659. The molecule has 2 aromatic heterocycles. The molecule has 0 radical (unpaired) electrons. The lowest BCUT2D eigenvalue weighted by atomic mass is 10.0. The second-order valence-electron chi connectivity index (χ2n) is 5.02. The lowest BCUT2D eigenvalue weighted by Gasteiger charge is -2.25. The number of nitrogen functional groups attached to an aromatic ring is 1. The lowest BCUT2D eigenvalue weighted by molar-refractivity contribution is 0.154. The van der Waals surface area contributed by atoms with E-state index < -0.39 is 0 Å². The smallest absolute Gasteiger partial charge is 0.410 e. The predicted octanol–water partition coefficient (Wildman–Crippen LogP) is 2.07. The Labute approximate surface area is 130 Å². The number of nitrogens with zero attached hydrogens (tertiary/aromatic N) is 4. The van der Waals surface area contributed by atoms with Gasteiger partial charge in [0.2, 0.25) is 0 Å². The third kappa shape index (κ3) is 2.80. The number of halogens is 1. The standard InChI is InChI=1S/C7H11NO2.C6H5BrN4/c9-7-8-4-2-1-3-6(8)5-10-7;7-5-4-6(8)9-1-2-11(4)3-10-5/h6H,1-5H2;1-3H,(H2,8,9)/t6-;/m1./s1. The molecule has 4 heterocycles. The molecule has 0 aromatic carbocycles. The molecule has 0 bridgehead atoms. The minimum Gasteiger partial charge on any atom is -0.447 e. The molecular formula is C13H16BrN5O2. The van der Waals surface area contributed by atoms with E-state index in [1.807, 2.05) is 9.30 Å². The number of fused-ring (bicyclic) bond motifs is 2. The van der Waals surface area contributed by atoms with E-state index in [0.717, 1.165) is 29.5 Å². The van der Waals surface area contributed by atoms with Crippen LogP contribution in [0, 0.1) is 0 Å². The molecule has 0 saturated carbocycles. The molecule has 1 amide bonds. The van der Waals surface area contributed by atoms with Crippen LogP contribution in [0.3, 0.4) is 0 Å². The highest BCUT2D eigenvalue weighted by Gasteiger charge is 2.34. The first-order chi connectivity index (χ1) is 10.2. The summed E-state index contributed by atoms with van der Waals surface area (Å²) in [6.07, 6.45) is 8.52. The molecule has 0 spiro atoms. The summed E-state index contributed by atoms with van der Waals surface area (Å²) >= 11 is 3.27. The van der Waals surface area contributed by atoms with Crippen molar-refractivity contribution in [2.45, 2.75) is 25.3 Å². The SMILES string of the molecule is Nc1nccn2cnc(Br)c12.O=C1OC[C@H]2CCCCN12. The van der Waals surface area contributed by atoms with E-state index in [4.69, 9.17) is 10.5 Å². The predicted molar refractivity (Wildman–Crippen MR) is 80.8 cm³/mol. The van der Waals surface area contributed by atoms with E-state index in [1.54, 1.807) is 18.7 Å². The Hall–Kier alpha value is -1.83. The Morgan fingerprint density at radius 1 is 1.38 bits per heavy atom. The van der Waals surface area contributed by atoms with E-state index in [0.29, 0.717) is 18.5 Å². The Morgan fingerprint density at radius 2 is 2.24 bits per heavy atom. The maximum Gasteiger partial charge on any atom is 0.410 e. The molecular weight excluding hydrogens is 338 g/mol. The number of carbonyl (C=O) groups excluding carboxylic acids is 1. The zero-order valence-electron chi connectivity index (χ0n) is 11.4. The summed E-state index contributed by atoms with van der Waals surface area (Å²) in [5.74, 6) is 0.483. The number of amides is 1. The van der Waals surface area contributed by atoms with E-state index in [1.165, 1.54) is 6.42 Å². The van der Waals surface area contributed by atoms with Crippen LogP contribution in [0.2, 0.25) is 0 Å². The minimum absolute atomic E-state index is 0.107. The van der Waals surface area contributed by atoms with Crippen molar-refractivity contribution in [3.05, 3.63) is 23.3 Å². The highest BCUT2D eigenvalue weighted by Crippen LogP contribution is 2.22. The van der Waals surface area contributed by atoms with Gasteiger partial charge in [0.15, 0.2) is 5.82 Å². The quantitative estimate of drug-likeness (QED) is 0.783. The molecule has 8 heteroatoms. The van der Waals surface area contributed by atoms with Crippen molar-refractivity contribution in [1.29, 1.82) is 0 Å². The number of imidazole rings is 1. The summed E-state index contributed by atoms with van der Waals surface area (Å²) < 4.78 is 7.42. The van der Waals surface area contributed by atoms with Gasteiger partial charge in [0.1, 0.15) is 23.1 Å². The van der Waals surface area contributed by atoms with Gasteiger partial charge in [0, 0.05) is 18.9 Å². The lowest BCUT2D eigenvalue weighted by Crippen LogP contribution is -2.37. The van der Waals surface area contributed by atoms with Crippen LogP contribution in [-0.4, -0.2) is 44.6 Å². The summed E-state index contributed by atoms with van der Waals surface area (Å²) in [6.45, 7) is 1.53. The van der Waals surface area contributed by atoms with Crippen LogP contribution in [0.5, 0.6) is 0 Å². The second kappa shape index (κ2) is 5.88. The maximum atomic E-state index is 10.9. The number of aromatic nitrogens is 3. The van der Waals surface area contributed by atoms with Crippen molar-refractivity contribution < 1.29 is 9.53 Å². The number of rotatable bonds is 0. The van der Waals surface area contributed by atoms with Gasteiger partial charge < -0.3 is 19.8 Å². The summed E-state index contributed by atoms with van der Waals surface area (Å²) in [6, 6.07) is 0.404. The minimum atomic E-state index is -0.107. The summed E-state index contributed by atoms with van der Waals surface area (Å²) in [4.78, 5) is 20.7. The fourth-order valence-corrected chi connectivity index (χ4v) is 3.10. The van der Waals surface area contributed by atoms with Crippen molar-refractivity contribution in [1.82, 2.24) is 19.3 Å². The van der Waals surface area contributed by atoms with Gasteiger partial charge in [-0.25, -0.2) is 14.8 Å². The largest absolute Gasteiger partial charge is 0.447 e. The summed E-state index contributed by atoms with van der Waals surface area (Å²) in [5.41, 5.74) is 6.41. The van der Waals surface area contributed by atoms with Gasteiger partial charge in [-0.05, 0) is 35.2 Å². The molecule has 1 atom stereocenters. The van der Waals surface area contributed by atoms with Crippen molar-refractivity contribution in [2.75, 3.05) is 18.9 Å². The topological polar surface area (TPSA) is 85.8 Å². The number of cyclic esters (lactones) is 1. The normalized spacial score (nSPS) is 20.7. The van der Waals surface area contributed by atoms with Crippen molar-refractivity contribution in [3.8, 4) is 0 Å². The molecule has 21 heavy (non-hydrogen) atoms. The van der Waals surface area contributed by atoms with Crippen LogP contribution in [0.1, 0.15) is 19.3 Å². The van der Waals surface area contributed by atoms with E-state index in [9.17, 15) is 4.79 Å². The molecule has 0 aliphatic carbocycles. The number of ether oxygens (including phenoxy) is 1. The first kappa shape index (κ1) is 14.1. The maximum absolute atomic E-state index is 10.9. The Kier molecular flexibility index (Phi) is 3.96. The van der Waals surface area contributed by atoms with E-state index in [2.05, 4.69) is 25.9 Å². The monoisotopic (exact) mass is 353 g/mol. The van der Waals surface area contributed by atoms with Gasteiger partial charge >= 0.3 is 6.09 Å². The first-order valence-corrected chi connectivity index (χ1v) is 7.62. The zero-order valence-corrected chi connectivity index (χ0v) is 13.0. The number of nitrogens with two attached hydrogens (primary N) is 1. The third-order valence-electron chi connectivity index (χ3n) is 3.69.